The molecule has 1 aliphatic carbocycles. The predicted molar refractivity (Wildman–Crippen MR) is 117 cm³/mol. The Labute approximate surface area is 190 Å². The molecule has 0 saturated heterocycles. The van der Waals surface area contributed by atoms with Crippen LogP contribution in [0.2, 0.25) is 0 Å². The highest BCUT2D eigenvalue weighted by molar-refractivity contribution is 6.03. The smallest absolute Gasteiger partial charge is 0.340 e. The molecule has 4 rings (SSSR count). The van der Waals surface area contributed by atoms with Gasteiger partial charge in [-0.15, -0.1) is 0 Å². The summed E-state index contributed by atoms with van der Waals surface area (Å²) in [6.07, 6.45) is 1.57. The minimum Gasteiger partial charge on any atom is -0.493 e. The van der Waals surface area contributed by atoms with Gasteiger partial charge in [-0.1, -0.05) is 18.2 Å². The molecule has 0 amide bonds. The topological polar surface area (TPSA) is 97.1 Å². The predicted octanol–water partition coefficient (Wildman–Crippen LogP) is 3.88. The number of carbonyl (C=O) groups is 2. The lowest BCUT2D eigenvalue weighted by Gasteiger charge is -2.32. The van der Waals surface area contributed by atoms with Crippen LogP contribution in [0.25, 0.3) is 0 Å². The Hall–Kier alpha value is -3.81. The number of methoxy groups -OCH3 is 2. The summed E-state index contributed by atoms with van der Waals surface area (Å²) in [6.45, 7) is 0.138. The van der Waals surface area contributed by atoms with E-state index in [1.165, 1.54) is 26.4 Å². The van der Waals surface area contributed by atoms with E-state index in [-0.39, 0.29) is 29.7 Å². The number of halogens is 1. The Bertz CT molecular complexity index is 1170. The molecule has 8 heteroatoms. The number of ketones is 1. The maximum atomic E-state index is 13.5. The molecule has 7 nitrogen and oxygen atoms in total. The Morgan fingerprint density at radius 3 is 2.70 bits per heavy atom. The van der Waals surface area contributed by atoms with Gasteiger partial charge in [-0.25, -0.2) is 9.18 Å². The first-order valence-electron chi connectivity index (χ1n) is 10.5. The number of rotatable bonds is 6. The van der Waals surface area contributed by atoms with Crippen LogP contribution in [0.4, 0.5) is 4.39 Å². The fourth-order valence-electron chi connectivity index (χ4n) is 4.17. The number of nitrogens with two attached hydrogens (primary N) is 1. The third kappa shape index (κ3) is 4.41. The molecule has 33 heavy (non-hydrogen) atoms. The SMILES string of the molecule is COC(=O)C1=C(N)OC2=C(C(=O)CCC2)[C@H]1c1ccc(OCc2cccc(F)c2)c(OC)c1. The second-order valence-corrected chi connectivity index (χ2v) is 7.75. The summed E-state index contributed by atoms with van der Waals surface area (Å²) >= 11 is 0. The first-order valence-corrected chi connectivity index (χ1v) is 10.5. The molecule has 1 aliphatic heterocycles. The van der Waals surface area contributed by atoms with Gasteiger partial charge in [-0.05, 0) is 41.8 Å². The molecular formula is C25H24FNO6. The molecule has 1 atom stereocenters. The van der Waals surface area contributed by atoms with Crippen LogP contribution in [0, 0.1) is 5.82 Å². The maximum Gasteiger partial charge on any atom is 0.340 e. The van der Waals surface area contributed by atoms with Crippen molar-refractivity contribution in [2.24, 2.45) is 5.73 Å². The van der Waals surface area contributed by atoms with Crippen LogP contribution in [0.15, 0.2) is 65.3 Å². The Kier molecular flexibility index (Phi) is 6.35. The molecule has 2 aliphatic rings. The van der Waals surface area contributed by atoms with Crippen molar-refractivity contribution in [3.63, 3.8) is 0 Å². The average molecular weight is 453 g/mol. The van der Waals surface area contributed by atoms with E-state index >= 15 is 0 Å². The van der Waals surface area contributed by atoms with Crippen LogP contribution in [-0.2, 0) is 25.7 Å². The third-order valence-corrected chi connectivity index (χ3v) is 5.69. The van der Waals surface area contributed by atoms with Crippen molar-refractivity contribution >= 4 is 11.8 Å². The summed E-state index contributed by atoms with van der Waals surface area (Å²) in [5.74, 6) is -0.646. The summed E-state index contributed by atoms with van der Waals surface area (Å²) in [5, 5.41) is 0. The zero-order valence-corrected chi connectivity index (χ0v) is 18.4. The lowest BCUT2D eigenvalue weighted by atomic mass is 9.77. The first kappa shape index (κ1) is 22.4. The van der Waals surface area contributed by atoms with Gasteiger partial charge in [0.15, 0.2) is 17.3 Å². The minimum atomic E-state index is -0.750. The summed E-state index contributed by atoms with van der Waals surface area (Å²) in [4.78, 5) is 25.4. The number of hydrogen-bond acceptors (Lipinski definition) is 7. The van der Waals surface area contributed by atoms with Gasteiger partial charge in [-0.3, -0.25) is 4.79 Å². The van der Waals surface area contributed by atoms with Crippen LogP contribution in [0.1, 0.15) is 36.3 Å². The van der Waals surface area contributed by atoms with Gasteiger partial charge in [0.1, 0.15) is 23.8 Å². The van der Waals surface area contributed by atoms with Gasteiger partial charge in [0, 0.05) is 18.4 Å². The molecular weight excluding hydrogens is 429 g/mol. The number of carbonyl (C=O) groups excluding carboxylic acids is 2. The molecule has 0 aromatic heterocycles. The fourth-order valence-corrected chi connectivity index (χ4v) is 4.17. The normalized spacial score (nSPS) is 17.9. The van der Waals surface area contributed by atoms with Crippen molar-refractivity contribution in [1.29, 1.82) is 0 Å². The standard InChI is InChI=1S/C25H24FNO6/c1-30-20-12-15(9-10-18(20)32-13-14-5-3-6-16(26)11-14)21-22-17(28)7-4-8-19(22)33-24(27)23(21)25(29)31-2/h3,5-6,9-12,21H,4,7-8,13,27H2,1-2H3/t21-/m1/s1. The molecule has 0 spiro atoms. The van der Waals surface area contributed by atoms with E-state index in [0.717, 1.165) is 0 Å². The minimum absolute atomic E-state index is 0.0713. The van der Waals surface area contributed by atoms with Gasteiger partial charge in [0.05, 0.1) is 20.1 Å². The Morgan fingerprint density at radius 2 is 1.97 bits per heavy atom. The van der Waals surface area contributed by atoms with E-state index in [9.17, 15) is 14.0 Å². The third-order valence-electron chi connectivity index (χ3n) is 5.69. The highest BCUT2D eigenvalue weighted by Crippen LogP contribution is 2.45. The lowest BCUT2D eigenvalue weighted by molar-refractivity contribution is -0.136. The second kappa shape index (κ2) is 9.36. The number of Topliss-reactive ketones (excluding diaryl/α,β-unsaturated/α-hetero) is 1. The molecule has 2 N–H and O–H groups in total. The summed E-state index contributed by atoms with van der Waals surface area (Å²) in [6, 6.07) is 11.2. The molecule has 172 valence electrons. The van der Waals surface area contributed by atoms with Crippen LogP contribution >= 0.6 is 0 Å². The van der Waals surface area contributed by atoms with E-state index in [1.807, 2.05) is 0 Å². The Balaban J connectivity index is 1.72. The van der Waals surface area contributed by atoms with Gasteiger partial charge in [0.2, 0.25) is 5.88 Å². The van der Waals surface area contributed by atoms with Crippen LogP contribution < -0.4 is 15.2 Å². The van der Waals surface area contributed by atoms with Crippen molar-refractivity contribution in [3.05, 3.63) is 82.2 Å². The zero-order chi connectivity index (χ0) is 23.5. The van der Waals surface area contributed by atoms with Crippen LogP contribution in [0.5, 0.6) is 11.5 Å². The number of allylic oxidation sites excluding steroid dienone is 2. The first-order chi connectivity index (χ1) is 15.9. The van der Waals surface area contributed by atoms with Gasteiger partial charge >= 0.3 is 5.97 Å². The largest absolute Gasteiger partial charge is 0.493 e. The lowest BCUT2D eigenvalue weighted by Crippen LogP contribution is -2.31. The monoisotopic (exact) mass is 453 g/mol. The van der Waals surface area contributed by atoms with Crippen molar-refractivity contribution in [2.75, 3.05) is 14.2 Å². The molecule has 1 heterocycles. The number of benzene rings is 2. The zero-order valence-electron chi connectivity index (χ0n) is 18.4. The molecule has 0 radical (unpaired) electrons. The van der Waals surface area contributed by atoms with E-state index < -0.39 is 11.9 Å². The van der Waals surface area contributed by atoms with Gasteiger partial charge < -0.3 is 24.7 Å². The number of esters is 1. The van der Waals surface area contributed by atoms with Crippen molar-refractivity contribution < 1.29 is 32.9 Å². The summed E-state index contributed by atoms with van der Waals surface area (Å²) in [5.41, 5.74) is 7.84. The Morgan fingerprint density at radius 1 is 1.15 bits per heavy atom. The molecule has 0 saturated carbocycles. The molecule has 0 fully saturated rings. The molecule has 2 aromatic rings. The van der Waals surface area contributed by atoms with E-state index in [0.29, 0.717) is 53.2 Å². The van der Waals surface area contributed by atoms with Crippen molar-refractivity contribution in [1.82, 2.24) is 0 Å². The highest BCUT2D eigenvalue weighted by atomic mass is 19.1. The van der Waals surface area contributed by atoms with E-state index in [4.69, 9.17) is 24.7 Å². The molecule has 0 unspecified atom stereocenters. The second-order valence-electron chi connectivity index (χ2n) is 7.75. The molecule has 2 aromatic carbocycles. The maximum absolute atomic E-state index is 13.5. The summed E-state index contributed by atoms with van der Waals surface area (Å²) in [7, 11) is 2.73. The van der Waals surface area contributed by atoms with Crippen LogP contribution in [0.3, 0.4) is 0 Å². The van der Waals surface area contributed by atoms with Gasteiger partial charge in [-0.2, -0.15) is 0 Å². The van der Waals surface area contributed by atoms with Crippen LogP contribution in [-0.4, -0.2) is 26.0 Å². The number of hydrogen-bond donors (Lipinski definition) is 1. The quantitative estimate of drug-likeness (QED) is 0.663. The van der Waals surface area contributed by atoms with Gasteiger partial charge in [0.25, 0.3) is 0 Å². The number of ether oxygens (including phenoxy) is 4. The van der Waals surface area contributed by atoms with Crippen molar-refractivity contribution in [2.45, 2.75) is 31.8 Å². The molecule has 0 bridgehead atoms. The van der Waals surface area contributed by atoms with Crippen molar-refractivity contribution in [3.8, 4) is 11.5 Å². The summed E-state index contributed by atoms with van der Waals surface area (Å²) < 4.78 is 35.4. The fraction of sp³-hybridized carbons (Fsp3) is 0.280. The van der Waals surface area contributed by atoms with E-state index in [2.05, 4.69) is 0 Å². The highest BCUT2D eigenvalue weighted by Gasteiger charge is 2.41. The van der Waals surface area contributed by atoms with E-state index in [1.54, 1.807) is 30.3 Å². The average Bonchev–Trinajstić information content (AvgIpc) is 2.81.